The third-order valence-electron chi connectivity index (χ3n) is 3.51. The summed E-state index contributed by atoms with van der Waals surface area (Å²) in [5, 5.41) is 2.91. The zero-order valence-electron chi connectivity index (χ0n) is 14.3. The van der Waals surface area contributed by atoms with Crippen LogP contribution < -0.4 is 9.47 Å². The molecular weight excluding hydrogens is 393 g/mol. The van der Waals surface area contributed by atoms with Crippen molar-refractivity contribution in [1.82, 2.24) is 4.98 Å². The second-order valence-corrected chi connectivity index (χ2v) is 6.78. The summed E-state index contributed by atoms with van der Waals surface area (Å²) in [6.07, 6.45) is 0. The van der Waals surface area contributed by atoms with Crippen LogP contribution in [-0.2, 0) is 18.0 Å². The number of thiazole rings is 1. The van der Waals surface area contributed by atoms with Gasteiger partial charge in [-0.3, -0.25) is 0 Å². The zero-order valence-corrected chi connectivity index (χ0v) is 15.8. The monoisotopic (exact) mass is 407 g/mol. The molecule has 0 saturated carbocycles. The summed E-state index contributed by atoms with van der Waals surface area (Å²) in [6, 6.07) is 10.5. The lowest BCUT2D eigenvalue weighted by molar-refractivity contribution is 0.0464. The first-order valence-electron chi connectivity index (χ1n) is 7.87. The summed E-state index contributed by atoms with van der Waals surface area (Å²) in [7, 11) is 1.47. The molecule has 0 saturated heterocycles. The van der Waals surface area contributed by atoms with Gasteiger partial charge >= 0.3 is 5.97 Å². The number of carbonyl (C=O) groups is 1. The van der Waals surface area contributed by atoms with Gasteiger partial charge in [0.1, 0.15) is 41.1 Å². The molecule has 27 heavy (non-hydrogen) atoms. The minimum atomic E-state index is -0.550. The van der Waals surface area contributed by atoms with Gasteiger partial charge in [0.2, 0.25) is 0 Å². The molecule has 2 aromatic carbocycles. The lowest BCUT2D eigenvalue weighted by atomic mass is 10.2. The molecule has 0 spiro atoms. The molecule has 0 N–H and O–H groups in total. The van der Waals surface area contributed by atoms with Gasteiger partial charge in [-0.25, -0.2) is 14.2 Å². The fraction of sp³-hybridized carbons (Fsp3) is 0.158. The van der Waals surface area contributed by atoms with E-state index < -0.39 is 5.97 Å². The molecule has 0 bridgehead atoms. The van der Waals surface area contributed by atoms with Crippen LogP contribution >= 0.6 is 22.9 Å². The molecule has 0 fully saturated rings. The number of halogens is 2. The first-order chi connectivity index (χ1) is 13.0. The average Bonchev–Trinajstić information content (AvgIpc) is 3.13. The van der Waals surface area contributed by atoms with Crippen molar-refractivity contribution in [3.05, 3.63) is 74.9 Å². The van der Waals surface area contributed by atoms with Crippen molar-refractivity contribution >= 4 is 28.9 Å². The second-order valence-electron chi connectivity index (χ2n) is 5.40. The molecule has 8 heteroatoms. The van der Waals surface area contributed by atoms with Crippen LogP contribution in [0.2, 0.25) is 5.02 Å². The van der Waals surface area contributed by atoms with Crippen molar-refractivity contribution in [2.45, 2.75) is 13.2 Å². The number of hydrogen-bond donors (Lipinski definition) is 0. The third-order valence-corrected chi connectivity index (χ3v) is 4.61. The van der Waals surface area contributed by atoms with E-state index in [4.69, 9.17) is 25.8 Å². The van der Waals surface area contributed by atoms with Crippen LogP contribution in [-0.4, -0.2) is 18.1 Å². The number of rotatable bonds is 7. The average molecular weight is 408 g/mol. The molecule has 0 aliphatic carbocycles. The fourth-order valence-electron chi connectivity index (χ4n) is 2.21. The van der Waals surface area contributed by atoms with Gasteiger partial charge < -0.3 is 14.2 Å². The minimum absolute atomic E-state index is 0.0154. The summed E-state index contributed by atoms with van der Waals surface area (Å²) >= 11 is 7.31. The van der Waals surface area contributed by atoms with Gasteiger partial charge in [0, 0.05) is 10.4 Å². The highest BCUT2D eigenvalue weighted by molar-refractivity contribution is 7.09. The van der Waals surface area contributed by atoms with Gasteiger partial charge in [0.25, 0.3) is 0 Å². The van der Waals surface area contributed by atoms with Crippen molar-refractivity contribution in [3.8, 4) is 11.5 Å². The van der Waals surface area contributed by atoms with E-state index in [2.05, 4.69) is 4.98 Å². The topological polar surface area (TPSA) is 57.7 Å². The van der Waals surface area contributed by atoms with Crippen LogP contribution in [0.15, 0.2) is 47.8 Å². The molecule has 0 atom stereocenters. The normalized spacial score (nSPS) is 10.5. The van der Waals surface area contributed by atoms with E-state index in [-0.39, 0.29) is 24.6 Å². The van der Waals surface area contributed by atoms with E-state index >= 15 is 0 Å². The van der Waals surface area contributed by atoms with Crippen LogP contribution in [0.5, 0.6) is 11.5 Å². The van der Waals surface area contributed by atoms with Crippen LogP contribution in [0.3, 0.4) is 0 Å². The predicted octanol–water partition coefficient (Wildman–Crippen LogP) is 4.88. The van der Waals surface area contributed by atoms with Crippen LogP contribution in [0.1, 0.15) is 21.1 Å². The maximum atomic E-state index is 12.9. The number of aromatic nitrogens is 1. The maximum Gasteiger partial charge on any atom is 0.342 e. The number of ether oxygens (including phenoxy) is 3. The highest BCUT2D eigenvalue weighted by Crippen LogP contribution is 2.24. The van der Waals surface area contributed by atoms with E-state index in [9.17, 15) is 9.18 Å². The summed E-state index contributed by atoms with van der Waals surface area (Å²) < 4.78 is 28.8. The quantitative estimate of drug-likeness (QED) is 0.522. The number of methoxy groups -OCH3 is 1. The summed E-state index contributed by atoms with van der Waals surface area (Å²) in [5.41, 5.74) is 0.854. The summed E-state index contributed by atoms with van der Waals surface area (Å²) in [5.74, 6) is 0.0622. The number of esters is 1. The van der Waals surface area contributed by atoms with Crippen LogP contribution in [0.4, 0.5) is 4.39 Å². The molecule has 3 rings (SSSR count). The molecule has 0 amide bonds. The van der Waals surface area contributed by atoms with Gasteiger partial charge in [-0.1, -0.05) is 11.6 Å². The first-order valence-corrected chi connectivity index (χ1v) is 9.13. The fourth-order valence-corrected chi connectivity index (χ4v) is 3.08. The Morgan fingerprint density at radius 3 is 2.70 bits per heavy atom. The number of carbonyl (C=O) groups excluding carboxylic acids is 1. The Bertz CT molecular complexity index is 930. The van der Waals surface area contributed by atoms with Crippen molar-refractivity contribution in [3.63, 3.8) is 0 Å². The Morgan fingerprint density at radius 1 is 1.19 bits per heavy atom. The summed E-state index contributed by atoms with van der Waals surface area (Å²) in [4.78, 5) is 16.6. The molecule has 0 unspecified atom stereocenters. The van der Waals surface area contributed by atoms with E-state index in [1.165, 1.54) is 36.6 Å². The van der Waals surface area contributed by atoms with Gasteiger partial charge in [0.15, 0.2) is 0 Å². The largest absolute Gasteiger partial charge is 0.496 e. The Hall–Kier alpha value is -2.64. The minimum Gasteiger partial charge on any atom is -0.496 e. The molecule has 3 aromatic rings. The van der Waals surface area contributed by atoms with E-state index in [1.54, 1.807) is 29.6 Å². The molecule has 1 heterocycles. The molecular formula is C19H15ClFNO4S. The SMILES string of the molecule is COc1ccc(Cl)cc1C(=O)OCc1csc(COc2ccc(F)cc2)n1. The van der Waals surface area contributed by atoms with Crippen LogP contribution in [0.25, 0.3) is 0 Å². The van der Waals surface area contributed by atoms with Gasteiger partial charge in [-0.05, 0) is 42.5 Å². The van der Waals surface area contributed by atoms with Gasteiger partial charge in [-0.2, -0.15) is 0 Å². The Balaban J connectivity index is 1.55. The lowest BCUT2D eigenvalue weighted by Crippen LogP contribution is -2.07. The highest BCUT2D eigenvalue weighted by Gasteiger charge is 2.15. The zero-order chi connectivity index (χ0) is 19.2. The van der Waals surface area contributed by atoms with Gasteiger partial charge in [0.05, 0.1) is 12.8 Å². The van der Waals surface area contributed by atoms with E-state index in [0.29, 0.717) is 27.2 Å². The lowest BCUT2D eigenvalue weighted by Gasteiger charge is -2.08. The smallest absolute Gasteiger partial charge is 0.342 e. The van der Waals surface area contributed by atoms with Crippen LogP contribution in [0, 0.1) is 5.82 Å². The molecule has 5 nitrogen and oxygen atoms in total. The van der Waals surface area contributed by atoms with Gasteiger partial charge in [-0.15, -0.1) is 11.3 Å². The second kappa shape index (κ2) is 8.83. The first kappa shape index (κ1) is 19.1. The number of hydrogen-bond acceptors (Lipinski definition) is 6. The Morgan fingerprint density at radius 2 is 1.96 bits per heavy atom. The molecule has 0 radical (unpaired) electrons. The maximum absolute atomic E-state index is 12.9. The van der Waals surface area contributed by atoms with Crippen molar-refractivity contribution in [2.75, 3.05) is 7.11 Å². The van der Waals surface area contributed by atoms with Crippen molar-refractivity contribution < 1.29 is 23.4 Å². The summed E-state index contributed by atoms with van der Waals surface area (Å²) in [6.45, 7) is 0.258. The standard InChI is InChI=1S/C19H15ClFNO4S/c1-24-17-7-2-12(20)8-16(17)19(23)26-9-14-11-27-18(22-14)10-25-15-5-3-13(21)4-6-15/h2-8,11H,9-10H2,1H3. The predicted molar refractivity (Wildman–Crippen MR) is 100.0 cm³/mol. The molecule has 1 aromatic heterocycles. The Kier molecular flexibility index (Phi) is 6.26. The number of benzene rings is 2. The molecule has 140 valence electrons. The van der Waals surface area contributed by atoms with E-state index in [1.807, 2.05) is 0 Å². The van der Waals surface area contributed by atoms with Crippen molar-refractivity contribution in [2.24, 2.45) is 0 Å². The van der Waals surface area contributed by atoms with E-state index in [0.717, 1.165) is 0 Å². The van der Waals surface area contributed by atoms with Crippen molar-refractivity contribution in [1.29, 1.82) is 0 Å². The molecule has 0 aliphatic rings. The third kappa shape index (κ3) is 5.18. The molecule has 0 aliphatic heterocycles. The highest BCUT2D eigenvalue weighted by atomic mass is 35.5. The Labute approximate surface area is 164 Å². The number of nitrogens with zero attached hydrogens (tertiary/aromatic N) is 1.